The molecule has 0 aromatic heterocycles. The standard InChI is InChI=1S/C12H18FNO3S/c1-4-9(3)14-18(15,16)10-6-7-11(13)12(8-10)17-5-2/h6-9,14H,4-5H2,1-3H3/t9-/m0/s1. The molecule has 0 heterocycles. The van der Waals surface area contributed by atoms with Crippen LogP contribution in [0.4, 0.5) is 4.39 Å². The molecule has 0 amide bonds. The van der Waals surface area contributed by atoms with E-state index in [-0.39, 0.29) is 23.3 Å². The largest absolute Gasteiger partial charge is 0.491 e. The summed E-state index contributed by atoms with van der Waals surface area (Å²) in [4.78, 5) is 0.00708. The van der Waals surface area contributed by atoms with E-state index in [4.69, 9.17) is 4.74 Å². The first-order chi connectivity index (χ1) is 8.40. The van der Waals surface area contributed by atoms with Crippen molar-refractivity contribution in [3.8, 4) is 5.75 Å². The van der Waals surface area contributed by atoms with Crippen molar-refractivity contribution >= 4 is 10.0 Å². The molecular formula is C12H18FNO3S. The van der Waals surface area contributed by atoms with Crippen LogP contribution in [0.3, 0.4) is 0 Å². The van der Waals surface area contributed by atoms with Crippen LogP contribution in [-0.2, 0) is 10.0 Å². The van der Waals surface area contributed by atoms with Crippen LogP contribution in [0.1, 0.15) is 27.2 Å². The summed E-state index contributed by atoms with van der Waals surface area (Å²) in [5.41, 5.74) is 0. The minimum absolute atomic E-state index is 0.00708. The summed E-state index contributed by atoms with van der Waals surface area (Å²) in [6, 6.07) is 3.35. The molecule has 0 saturated heterocycles. The molecule has 1 aromatic rings. The lowest BCUT2D eigenvalue weighted by atomic mass is 10.3. The molecule has 1 N–H and O–H groups in total. The highest BCUT2D eigenvalue weighted by Gasteiger charge is 2.18. The van der Waals surface area contributed by atoms with Crippen LogP contribution in [0.5, 0.6) is 5.75 Å². The molecule has 0 unspecified atom stereocenters. The fourth-order valence-electron chi connectivity index (χ4n) is 1.33. The molecule has 0 spiro atoms. The van der Waals surface area contributed by atoms with Crippen LogP contribution in [0.25, 0.3) is 0 Å². The number of ether oxygens (including phenoxy) is 1. The SMILES string of the molecule is CCOc1cc(S(=O)(=O)N[C@@H](C)CC)ccc1F. The molecule has 0 saturated carbocycles. The third kappa shape index (κ3) is 3.68. The number of nitrogens with one attached hydrogen (secondary N) is 1. The van der Waals surface area contributed by atoms with Crippen molar-refractivity contribution in [2.24, 2.45) is 0 Å². The van der Waals surface area contributed by atoms with E-state index in [0.29, 0.717) is 6.42 Å². The molecule has 0 bridgehead atoms. The van der Waals surface area contributed by atoms with Crippen LogP contribution < -0.4 is 9.46 Å². The first-order valence-electron chi connectivity index (χ1n) is 5.85. The minimum atomic E-state index is -3.63. The average molecular weight is 275 g/mol. The Hall–Kier alpha value is -1.14. The van der Waals surface area contributed by atoms with Gasteiger partial charge in [0.2, 0.25) is 10.0 Å². The Labute approximate surface area is 107 Å². The molecule has 0 aliphatic rings. The third-order valence-corrected chi connectivity index (χ3v) is 4.07. The Kier molecular flexibility index (Phi) is 5.10. The van der Waals surface area contributed by atoms with Gasteiger partial charge in [0.15, 0.2) is 11.6 Å². The maximum absolute atomic E-state index is 13.3. The van der Waals surface area contributed by atoms with Crippen molar-refractivity contribution in [1.29, 1.82) is 0 Å². The van der Waals surface area contributed by atoms with Crippen molar-refractivity contribution < 1.29 is 17.5 Å². The van der Waals surface area contributed by atoms with Crippen LogP contribution in [0, 0.1) is 5.82 Å². The second-order valence-corrected chi connectivity index (χ2v) is 5.67. The predicted molar refractivity (Wildman–Crippen MR) is 67.6 cm³/mol. The number of hydrogen-bond acceptors (Lipinski definition) is 3. The number of halogens is 1. The summed E-state index contributed by atoms with van der Waals surface area (Å²) in [6.45, 7) is 5.63. The van der Waals surface area contributed by atoms with Gasteiger partial charge in [0.25, 0.3) is 0 Å². The maximum Gasteiger partial charge on any atom is 0.240 e. The molecule has 1 aromatic carbocycles. The topological polar surface area (TPSA) is 55.4 Å². The fourth-order valence-corrected chi connectivity index (χ4v) is 2.68. The molecule has 4 nitrogen and oxygen atoms in total. The highest BCUT2D eigenvalue weighted by molar-refractivity contribution is 7.89. The summed E-state index contributed by atoms with van der Waals surface area (Å²) in [7, 11) is -3.63. The van der Waals surface area contributed by atoms with Gasteiger partial charge in [-0.2, -0.15) is 0 Å². The summed E-state index contributed by atoms with van der Waals surface area (Å²) < 4.78 is 44.8. The van der Waals surface area contributed by atoms with Gasteiger partial charge in [0.1, 0.15) is 0 Å². The molecule has 18 heavy (non-hydrogen) atoms. The molecule has 0 aliphatic heterocycles. The third-order valence-electron chi connectivity index (χ3n) is 2.48. The fraction of sp³-hybridized carbons (Fsp3) is 0.500. The van der Waals surface area contributed by atoms with Gasteiger partial charge in [0.05, 0.1) is 11.5 Å². The molecule has 6 heteroatoms. The quantitative estimate of drug-likeness (QED) is 0.866. The summed E-state index contributed by atoms with van der Waals surface area (Å²) in [5.74, 6) is -0.621. The van der Waals surface area contributed by atoms with Crippen molar-refractivity contribution in [2.45, 2.75) is 38.1 Å². The normalized spacial score (nSPS) is 13.3. The zero-order valence-electron chi connectivity index (χ0n) is 10.7. The van der Waals surface area contributed by atoms with Crippen molar-refractivity contribution in [3.05, 3.63) is 24.0 Å². The minimum Gasteiger partial charge on any atom is -0.491 e. The first-order valence-corrected chi connectivity index (χ1v) is 7.33. The van der Waals surface area contributed by atoms with E-state index in [1.807, 2.05) is 6.92 Å². The number of sulfonamides is 1. The molecule has 0 fully saturated rings. The summed E-state index contributed by atoms with van der Waals surface area (Å²) >= 11 is 0. The smallest absolute Gasteiger partial charge is 0.240 e. The average Bonchev–Trinajstić information content (AvgIpc) is 2.31. The van der Waals surface area contributed by atoms with Gasteiger partial charge in [-0.25, -0.2) is 17.5 Å². The van der Waals surface area contributed by atoms with Gasteiger partial charge in [-0.05, 0) is 32.4 Å². The Morgan fingerprint density at radius 2 is 2.06 bits per heavy atom. The molecule has 0 radical (unpaired) electrons. The lowest BCUT2D eigenvalue weighted by molar-refractivity contribution is 0.320. The van der Waals surface area contributed by atoms with E-state index in [0.717, 1.165) is 6.07 Å². The van der Waals surface area contributed by atoms with E-state index in [9.17, 15) is 12.8 Å². The highest BCUT2D eigenvalue weighted by atomic mass is 32.2. The molecular weight excluding hydrogens is 257 g/mol. The summed E-state index contributed by atoms with van der Waals surface area (Å²) in [6.07, 6.45) is 0.679. The maximum atomic E-state index is 13.3. The van der Waals surface area contributed by atoms with Gasteiger partial charge in [-0.1, -0.05) is 6.92 Å². The van der Waals surface area contributed by atoms with Crippen molar-refractivity contribution in [1.82, 2.24) is 4.72 Å². The second-order valence-electron chi connectivity index (χ2n) is 3.96. The van der Waals surface area contributed by atoms with Gasteiger partial charge < -0.3 is 4.74 Å². The van der Waals surface area contributed by atoms with Gasteiger partial charge in [0, 0.05) is 12.1 Å². The van der Waals surface area contributed by atoms with Gasteiger partial charge in [-0.3, -0.25) is 0 Å². The Bertz CT molecular complexity index is 502. The number of hydrogen-bond donors (Lipinski definition) is 1. The van der Waals surface area contributed by atoms with Crippen LogP contribution in [-0.4, -0.2) is 21.1 Å². The molecule has 1 atom stereocenters. The lowest BCUT2D eigenvalue weighted by Crippen LogP contribution is -2.32. The predicted octanol–water partition coefficient (Wildman–Crippen LogP) is 2.30. The van der Waals surface area contributed by atoms with E-state index < -0.39 is 15.8 Å². The Balaban J connectivity index is 3.05. The Morgan fingerprint density at radius 3 is 2.61 bits per heavy atom. The summed E-state index contributed by atoms with van der Waals surface area (Å²) in [5, 5.41) is 0. The van der Waals surface area contributed by atoms with E-state index in [1.165, 1.54) is 12.1 Å². The van der Waals surface area contributed by atoms with E-state index in [2.05, 4.69) is 4.72 Å². The first kappa shape index (κ1) is 14.9. The van der Waals surface area contributed by atoms with E-state index >= 15 is 0 Å². The zero-order chi connectivity index (χ0) is 13.8. The van der Waals surface area contributed by atoms with Crippen LogP contribution >= 0.6 is 0 Å². The number of benzene rings is 1. The molecule has 1 rings (SSSR count). The second kappa shape index (κ2) is 6.15. The highest BCUT2D eigenvalue weighted by Crippen LogP contribution is 2.22. The van der Waals surface area contributed by atoms with Crippen molar-refractivity contribution in [3.63, 3.8) is 0 Å². The van der Waals surface area contributed by atoms with Crippen LogP contribution in [0.15, 0.2) is 23.1 Å². The van der Waals surface area contributed by atoms with Gasteiger partial charge >= 0.3 is 0 Å². The number of rotatable bonds is 6. The molecule has 0 aliphatic carbocycles. The Morgan fingerprint density at radius 1 is 1.39 bits per heavy atom. The lowest BCUT2D eigenvalue weighted by Gasteiger charge is -2.13. The van der Waals surface area contributed by atoms with Gasteiger partial charge in [-0.15, -0.1) is 0 Å². The van der Waals surface area contributed by atoms with E-state index in [1.54, 1.807) is 13.8 Å². The molecule has 102 valence electrons. The van der Waals surface area contributed by atoms with Crippen molar-refractivity contribution in [2.75, 3.05) is 6.61 Å². The van der Waals surface area contributed by atoms with Crippen LogP contribution in [0.2, 0.25) is 0 Å². The monoisotopic (exact) mass is 275 g/mol. The zero-order valence-corrected chi connectivity index (χ0v) is 11.6.